The number of hydrogen-bond donors (Lipinski definition) is 2. The maximum absolute atomic E-state index is 11.2. The van der Waals surface area contributed by atoms with Crippen molar-refractivity contribution in [2.45, 2.75) is 25.9 Å². The fourth-order valence-electron chi connectivity index (χ4n) is 2.50. The smallest absolute Gasteiger partial charge is 0.337 e. The molecular weight excluding hydrogens is 244 g/mol. The zero-order valence-electron chi connectivity index (χ0n) is 11.3. The van der Waals surface area contributed by atoms with Crippen LogP contribution in [0.2, 0.25) is 0 Å². The molecule has 1 saturated heterocycles. The van der Waals surface area contributed by atoms with E-state index in [1.165, 1.54) is 0 Å². The van der Waals surface area contributed by atoms with Gasteiger partial charge in [-0.1, -0.05) is 0 Å². The molecule has 3 N–H and O–H groups in total. The van der Waals surface area contributed by atoms with Gasteiger partial charge in [0.1, 0.15) is 0 Å². The summed E-state index contributed by atoms with van der Waals surface area (Å²) in [6.45, 7) is 3.55. The largest absolute Gasteiger partial charge is 0.478 e. The number of benzene rings is 1. The lowest BCUT2D eigenvalue weighted by molar-refractivity contribution is 0.0698. The number of methoxy groups -OCH3 is 1. The zero-order chi connectivity index (χ0) is 14.0. The Morgan fingerprint density at radius 2 is 2.26 bits per heavy atom. The van der Waals surface area contributed by atoms with Crippen molar-refractivity contribution in [1.29, 1.82) is 0 Å². The lowest BCUT2D eigenvalue weighted by atomic mass is 10.0. The highest BCUT2D eigenvalue weighted by Gasteiger charge is 2.21. The summed E-state index contributed by atoms with van der Waals surface area (Å²) < 4.78 is 5.39. The number of nitrogens with two attached hydrogens (primary N) is 1. The highest BCUT2D eigenvalue weighted by molar-refractivity contribution is 5.95. The number of rotatable bonds is 3. The molecule has 0 aromatic heterocycles. The number of aryl methyl sites for hydroxylation is 1. The van der Waals surface area contributed by atoms with Crippen LogP contribution in [-0.2, 0) is 4.74 Å². The first-order chi connectivity index (χ1) is 9.02. The van der Waals surface area contributed by atoms with Gasteiger partial charge in [0.25, 0.3) is 0 Å². The van der Waals surface area contributed by atoms with E-state index in [1.807, 2.05) is 13.0 Å². The zero-order valence-corrected chi connectivity index (χ0v) is 11.3. The summed E-state index contributed by atoms with van der Waals surface area (Å²) in [6, 6.07) is 3.60. The fourth-order valence-corrected chi connectivity index (χ4v) is 2.50. The van der Waals surface area contributed by atoms with E-state index in [2.05, 4.69) is 4.90 Å². The number of carbonyl (C=O) groups is 1. The summed E-state index contributed by atoms with van der Waals surface area (Å²) in [5, 5.41) is 9.19. The molecule has 5 nitrogen and oxygen atoms in total. The Bertz CT molecular complexity index is 488. The summed E-state index contributed by atoms with van der Waals surface area (Å²) in [5.74, 6) is -0.984. The third-order valence-electron chi connectivity index (χ3n) is 3.68. The van der Waals surface area contributed by atoms with Gasteiger partial charge in [-0.15, -0.1) is 0 Å². The van der Waals surface area contributed by atoms with E-state index in [1.54, 1.807) is 13.2 Å². The number of carboxylic acids is 1. The molecule has 0 saturated carbocycles. The molecule has 104 valence electrons. The van der Waals surface area contributed by atoms with Crippen molar-refractivity contribution in [1.82, 2.24) is 0 Å². The summed E-state index contributed by atoms with van der Waals surface area (Å²) in [6.07, 6.45) is 2.30. The third kappa shape index (κ3) is 2.81. The van der Waals surface area contributed by atoms with E-state index in [9.17, 15) is 9.90 Å². The summed E-state index contributed by atoms with van der Waals surface area (Å²) in [4.78, 5) is 13.4. The van der Waals surface area contributed by atoms with E-state index < -0.39 is 5.97 Å². The topological polar surface area (TPSA) is 75.8 Å². The van der Waals surface area contributed by atoms with Crippen LogP contribution in [0.1, 0.15) is 28.8 Å². The Morgan fingerprint density at radius 3 is 2.89 bits per heavy atom. The van der Waals surface area contributed by atoms with Crippen LogP contribution < -0.4 is 10.6 Å². The molecule has 1 unspecified atom stereocenters. The molecule has 0 spiro atoms. The number of nitrogens with zero attached hydrogens (tertiary/aromatic N) is 1. The standard InChI is InChI=1S/C14H20N2O3/c1-9-6-10(7-12(13(9)15)14(17)18)16-5-3-4-11(8-16)19-2/h6-7,11H,3-5,8,15H2,1-2H3,(H,17,18). The molecule has 1 aliphatic rings. The molecule has 2 rings (SSSR count). The van der Waals surface area contributed by atoms with Crippen LogP contribution in [0.25, 0.3) is 0 Å². The van der Waals surface area contributed by atoms with E-state index in [0.29, 0.717) is 5.69 Å². The van der Waals surface area contributed by atoms with Crippen LogP contribution in [-0.4, -0.2) is 37.4 Å². The van der Waals surface area contributed by atoms with Crippen LogP contribution >= 0.6 is 0 Å². The van der Waals surface area contributed by atoms with Gasteiger partial charge < -0.3 is 20.5 Å². The molecule has 1 aromatic rings. The van der Waals surface area contributed by atoms with Crippen LogP contribution in [0.4, 0.5) is 11.4 Å². The summed E-state index contributed by atoms with van der Waals surface area (Å²) in [5.41, 5.74) is 8.04. The molecule has 1 fully saturated rings. The molecule has 1 aromatic carbocycles. The number of piperidine rings is 1. The van der Waals surface area contributed by atoms with Gasteiger partial charge in [-0.05, 0) is 37.5 Å². The number of aromatic carboxylic acids is 1. The first-order valence-electron chi connectivity index (χ1n) is 6.44. The molecule has 0 bridgehead atoms. The van der Waals surface area contributed by atoms with Gasteiger partial charge in [-0.2, -0.15) is 0 Å². The van der Waals surface area contributed by atoms with E-state index in [0.717, 1.165) is 37.2 Å². The average Bonchev–Trinajstić information content (AvgIpc) is 2.41. The van der Waals surface area contributed by atoms with Crippen LogP contribution in [0, 0.1) is 6.92 Å². The van der Waals surface area contributed by atoms with E-state index >= 15 is 0 Å². The van der Waals surface area contributed by atoms with Crippen molar-refractivity contribution in [3.05, 3.63) is 23.3 Å². The van der Waals surface area contributed by atoms with Crippen molar-refractivity contribution in [2.24, 2.45) is 0 Å². The molecule has 1 atom stereocenters. The maximum atomic E-state index is 11.2. The SMILES string of the molecule is COC1CCCN(c2cc(C)c(N)c(C(=O)O)c2)C1. The highest BCUT2D eigenvalue weighted by Crippen LogP contribution is 2.28. The average molecular weight is 264 g/mol. The normalized spacial score (nSPS) is 19.5. The van der Waals surface area contributed by atoms with Crippen molar-refractivity contribution in [3.8, 4) is 0 Å². The molecule has 5 heteroatoms. The number of anilines is 2. The Hall–Kier alpha value is -1.75. The van der Waals surface area contributed by atoms with Crippen molar-refractivity contribution in [3.63, 3.8) is 0 Å². The Kier molecular flexibility index (Phi) is 3.95. The van der Waals surface area contributed by atoms with E-state index in [4.69, 9.17) is 10.5 Å². The van der Waals surface area contributed by atoms with Gasteiger partial charge in [-0.3, -0.25) is 0 Å². The third-order valence-corrected chi connectivity index (χ3v) is 3.68. The van der Waals surface area contributed by atoms with Gasteiger partial charge in [0.05, 0.1) is 11.7 Å². The van der Waals surface area contributed by atoms with Crippen LogP contribution in [0.3, 0.4) is 0 Å². The predicted octanol–water partition coefficient (Wildman–Crippen LogP) is 1.89. The quantitative estimate of drug-likeness (QED) is 0.815. The van der Waals surface area contributed by atoms with Crippen LogP contribution in [0.5, 0.6) is 0 Å². The summed E-state index contributed by atoms with van der Waals surface area (Å²) in [7, 11) is 1.71. The number of hydrogen-bond acceptors (Lipinski definition) is 4. The summed E-state index contributed by atoms with van der Waals surface area (Å²) >= 11 is 0. The second-order valence-corrected chi connectivity index (χ2v) is 4.98. The number of carboxylic acid groups (broad SMARTS) is 1. The minimum Gasteiger partial charge on any atom is -0.478 e. The lowest BCUT2D eigenvalue weighted by Gasteiger charge is -2.34. The van der Waals surface area contributed by atoms with E-state index in [-0.39, 0.29) is 11.7 Å². The van der Waals surface area contributed by atoms with Crippen molar-refractivity contribution >= 4 is 17.3 Å². The molecule has 0 radical (unpaired) electrons. The van der Waals surface area contributed by atoms with Gasteiger partial charge in [-0.25, -0.2) is 4.79 Å². The minimum absolute atomic E-state index is 0.176. The minimum atomic E-state index is -0.984. The fraction of sp³-hybridized carbons (Fsp3) is 0.500. The van der Waals surface area contributed by atoms with Crippen LogP contribution in [0.15, 0.2) is 12.1 Å². The molecule has 1 heterocycles. The molecule has 0 amide bonds. The highest BCUT2D eigenvalue weighted by atomic mass is 16.5. The Balaban J connectivity index is 2.32. The first-order valence-corrected chi connectivity index (χ1v) is 6.44. The first kappa shape index (κ1) is 13.7. The molecule has 0 aliphatic carbocycles. The molecular formula is C14H20N2O3. The van der Waals surface area contributed by atoms with Gasteiger partial charge >= 0.3 is 5.97 Å². The second-order valence-electron chi connectivity index (χ2n) is 4.98. The Morgan fingerprint density at radius 1 is 1.53 bits per heavy atom. The molecule has 1 aliphatic heterocycles. The number of nitrogen functional groups attached to an aromatic ring is 1. The predicted molar refractivity (Wildman–Crippen MR) is 74.8 cm³/mol. The van der Waals surface area contributed by atoms with Crippen molar-refractivity contribution < 1.29 is 14.6 Å². The second kappa shape index (κ2) is 5.48. The van der Waals surface area contributed by atoms with Gasteiger partial charge in [0, 0.05) is 31.6 Å². The van der Waals surface area contributed by atoms with Gasteiger partial charge in [0.15, 0.2) is 0 Å². The Labute approximate surface area is 113 Å². The monoisotopic (exact) mass is 264 g/mol. The lowest BCUT2D eigenvalue weighted by Crippen LogP contribution is -2.39. The maximum Gasteiger partial charge on any atom is 0.337 e. The van der Waals surface area contributed by atoms with Gasteiger partial charge in [0.2, 0.25) is 0 Å². The molecule has 19 heavy (non-hydrogen) atoms. The van der Waals surface area contributed by atoms with Crippen molar-refractivity contribution in [2.75, 3.05) is 30.8 Å². The number of ether oxygens (including phenoxy) is 1.